The van der Waals surface area contributed by atoms with Crippen LogP contribution in [-0.4, -0.2) is 46.0 Å². The Bertz CT molecular complexity index is 437. The van der Waals surface area contributed by atoms with Crippen LogP contribution in [-0.2, 0) is 14.3 Å². The number of amides is 1. The number of ether oxygens (including phenoxy) is 3. The molecule has 6 nitrogen and oxygen atoms in total. The van der Waals surface area contributed by atoms with Crippen LogP contribution in [0.2, 0.25) is 0 Å². The molecule has 0 aliphatic rings. The number of carbonyl (C=O) groups excluding carboxylic acids is 1. The van der Waals surface area contributed by atoms with E-state index in [1.807, 2.05) is 13.0 Å². The lowest BCUT2D eigenvalue weighted by Crippen LogP contribution is -2.39. The van der Waals surface area contributed by atoms with E-state index >= 15 is 0 Å². The number of hydrogen-bond donors (Lipinski definition) is 2. The predicted molar refractivity (Wildman–Crippen MR) is 77.0 cm³/mol. The fourth-order valence-corrected chi connectivity index (χ4v) is 1.59. The van der Waals surface area contributed by atoms with Crippen molar-refractivity contribution >= 4 is 11.6 Å². The second kappa shape index (κ2) is 8.52. The summed E-state index contributed by atoms with van der Waals surface area (Å²) in [6.07, 6.45) is 0. The molecule has 1 amide bonds. The van der Waals surface area contributed by atoms with E-state index in [-0.39, 0.29) is 12.5 Å². The largest absolute Gasteiger partial charge is 0.491 e. The lowest BCUT2D eigenvalue weighted by atomic mass is 10.2. The van der Waals surface area contributed by atoms with Crippen molar-refractivity contribution in [3.63, 3.8) is 0 Å². The summed E-state index contributed by atoms with van der Waals surface area (Å²) >= 11 is 0. The fourth-order valence-electron chi connectivity index (χ4n) is 1.59. The minimum Gasteiger partial charge on any atom is -0.491 e. The second-order valence-electron chi connectivity index (χ2n) is 4.37. The Morgan fingerprint density at radius 3 is 2.65 bits per heavy atom. The van der Waals surface area contributed by atoms with E-state index in [9.17, 15) is 4.79 Å². The lowest BCUT2D eigenvalue weighted by Gasteiger charge is -2.14. The van der Waals surface area contributed by atoms with Crippen molar-refractivity contribution in [2.75, 3.05) is 39.4 Å². The summed E-state index contributed by atoms with van der Waals surface area (Å²) in [6.45, 7) is 3.09. The molecule has 112 valence electrons. The molecule has 0 aliphatic carbocycles. The van der Waals surface area contributed by atoms with Gasteiger partial charge in [-0.1, -0.05) is 0 Å². The minimum absolute atomic E-state index is 0.184. The summed E-state index contributed by atoms with van der Waals surface area (Å²) in [5.74, 6) is 0.460. The van der Waals surface area contributed by atoms with Gasteiger partial charge in [0.25, 0.3) is 0 Å². The van der Waals surface area contributed by atoms with Gasteiger partial charge in [-0.2, -0.15) is 0 Å². The van der Waals surface area contributed by atoms with Crippen molar-refractivity contribution < 1.29 is 19.0 Å². The topological polar surface area (TPSA) is 82.8 Å². The molecule has 20 heavy (non-hydrogen) atoms. The molecule has 0 aromatic heterocycles. The third-order valence-corrected chi connectivity index (χ3v) is 2.69. The van der Waals surface area contributed by atoms with Crippen molar-refractivity contribution in [3.05, 3.63) is 23.8 Å². The zero-order valence-electron chi connectivity index (χ0n) is 12.1. The molecule has 3 N–H and O–H groups in total. The van der Waals surface area contributed by atoms with Crippen LogP contribution in [0.1, 0.15) is 5.56 Å². The van der Waals surface area contributed by atoms with Gasteiger partial charge in [-0.25, -0.2) is 0 Å². The van der Waals surface area contributed by atoms with Crippen LogP contribution in [0.5, 0.6) is 5.75 Å². The smallest absolute Gasteiger partial charge is 0.243 e. The molecular formula is C14H22N2O4. The average molecular weight is 282 g/mol. The first-order chi connectivity index (χ1) is 9.58. The first-order valence-corrected chi connectivity index (χ1v) is 6.36. The van der Waals surface area contributed by atoms with E-state index in [0.29, 0.717) is 18.9 Å². The van der Waals surface area contributed by atoms with E-state index in [4.69, 9.17) is 19.9 Å². The number of anilines is 1. The summed E-state index contributed by atoms with van der Waals surface area (Å²) in [5.41, 5.74) is 7.27. The Morgan fingerprint density at radius 1 is 1.30 bits per heavy atom. The molecule has 1 aromatic carbocycles. The van der Waals surface area contributed by atoms with E-state index < -0.39 is 6.04 Å². The Morgan fingerprint density at radius 2 is 2.05 bits per heavy atom. The van der Waals surface area contributed by atoms with Gasteiger partial charge in [0.05, 0.1) is 13.2 Å². The summed E-state index contributed by atoms with van der Waals surface area (Å²) in [4.78, 5) is 11.8. The van der Waals surface area contributed by atoms with Crippen LogP contribution >= 0.6 is 0 Å². The van der Waals surface area contributed by atoms with Gasteiger partial charge >= 0.3 is 0 Å². The highest BCUT2D eigenvalue weighted by Crippen LogP contribution is 2.21. The Balaban J connectivity index is 2.61. The molecule has 0 bridgehead atoms. The van der Waals surface area contributed by atoms with Crippen LogP contribution in [0.4, 0.5) is 5.69 Å². The van der Waals surface area contributed by atoms with Gasteiger partial charge in [0.1, 0.15) is 18.4 Å². The van der Waals surface area contributed by atoms with Crippen molar-refractivity contribution in [1.29, 1.82) is 0 Å². The zero-order valence-corrected chi connectivity index (χ0v) is 12.1. The lowest BCUT2D eigenvalue weighted by molar-refractivity contribution is -0.118. The Hall–Kier alpha value is -1.63. The molecule has 0 fully saturated rings. The molecule has 6 heteroatoms. The van der Waals surface area contributed by atoms with Gasteiger partial charge in [-0.05, 0) is 30.7 Å². The third-order valence-electron chi connectivity index (χ3n) is 2.69. The highest BCUT2D eigenvalue weighted by Gasteiger charge is 2.14. The monoisotopic (exact) mass is 282 g/mol. The average Bonchev–Trinajstić information content (AvgIpc) is 2.42. The van der Waals surface area contributed by atoms with E-state index in [0.717, 1.165) is 11.3 Å². The standard InChI is InChI=1S/C14H22N2O4/c1-10-8-11(20-7-6-18-2)4-5-13(10)16-14(17)12(15)9-19-3/h4-5,8,12H,6-7,9,15H2,1-3H3,(H,16,17). The maximum atomic E-state index is 11.8. The quantitative estimate of drug-likeness (QED) is 0.693. The highest BCUT2D eigenvalue weighted by molar-refractivity contribution is 5.95. The molecule has 0 saturated heterocycles. The maximum absolute atomic E-state index is 11.8. The second-order valence-corrected chi connectivity index (χ2v) is 4.37. The Labute approximate surface area is 119 Å². The molecule has 0 saturated carbocycles. The number of nitrogens with one attached hydrogen (secondary N) is 1. The van der Waals surface area contributed by atoms with Crippen LogP contribution in [0.25, 0.3) is 0 Å². The number of nitrogens with two attached hydrogens (primary N) is 1. The van der Waals surface area contributed by atoms with E-state index in [1.54, 1.807) is 19.2 Å². The number of methoxy groups -OCH3 is 2. The number of aryl methyl sites for hydroxylation is 1. The fraction of sp³-hybridized carbons (Fsp3) is 0.500. The van der Waals surface area contributed by atoms with E-state index in [1.165, 1.54) is 7.11 Å². The van der Waals surface area contributed by atoms with Crippen molar-refractivity contribution in [2.45, 2.75) is 13.0 Å². The van der Waals surface area contributed by atoms with Crippen LogP contribution < -0.4 is 15.8 Å². The number of carbonyl (C=O) groups is 1. The molecule has 0 aliphatic heterocycles. The Kier molecular flexibility index (Phi) is 7.00. The summed E-state index contributed by atoms with van der Waals surface area (Å²) in [6, 6.07) is 4.75. The first-order valence-electron chi connectivity index (χ1n) is 6.36. The summed E-state index contributed by atoms with van der Waals surface area (Å²) in [7, 11) is 3.13. The molecule has 0 heterocycles. The van der Waals surface area contributed by atoms with Gasteiger partial charge in [0.2, 0.25) is 5.91 Å². The van der Waals surface area contributed by atoms with Gasteiger partial charge in [-0.3, -0.25) is 4.79 Å². The molecule has 1 rings (SSSR count). The maximum Gasteiger partial charge on any atom is 0.243 e. The number of benzene rings is 1. The van der Waals surface area contributed by atoms with Crippen LogP contribution in [0.3, 0.4) is 0 Å². The third kappa shape index (κ3) is 5.16. The van der Waals surface area contributed by atoms with E-state index in [2.05, 4.69) is 5.32 Å². The van der Waals surface area contributed by atoms with Gasteiger partial charge in [0, 0.05) is 19.9 Å². The first kappa shape index (κ1) is 16.4. The van der Waals surface area contributed by atoms with Gasteiger partial charge in [-0.15, -0.1) is 0 Å². The number of rotatable bonds is 8. The van der Waals surface area contributed by atoms with Crippen molar-refractivity contribution in [1.82, 2.24) is 0 Å². The zero-order chi connectivity index (χ0) is 15.0. The SMILES string of the molecule is COCCOc1ccc(NC(=O)C(N)COC)c(C)c1. The molecule has 1 atom stereocenters. The minimum atomic E-state index is -0.683. The van der Waals surface area contributed by atoms with Crippen LogP contribution in [0, 0.1) is 6.92 Å². The molecular weight excluding hydrogens is 260 g/mol. The van der Waals surface area contributed by atoms with Crippen LogP contribution in [0.15, 0.2) is 18.2 Å². The van der Waals surface area contributed by atoms with Crippen molar-refractivity contribution in [2.24, 2.45) is 5.73 Å². The number of hydrogen-bond acceptors (Lipinski definition) is 5. The van der Waals surface area contributed by atoms with Gasteiger partial charge in [0.15, 0.2) is 0 Å². The molecule has 1 unspecified atom stereocenters. The summed E-state index contributed by atoms with van der Waals surface area (Å²) < 4.78 is 15.3. The molecule has 1 aromatic rings. The predicted octanol–water partition coefficient (Wildman–Crippen LogP) is 0.932. The molecule has 0 spiro atoms. The van der Waals surface area contributed by atoms with Gasteiger partial charge < -0.3 is 25.3 Å². The highest BCUT2D eigenvalue weighted by atomic mass is 16.5. The van der Waals surface area contributed by atoms with Crippen molar-refractivity contribution in [3.8, 4) is 5.75 Å². The normalized spacial score (nSPS) is 12.0. The molecule has 0 radical (unpaired) electrons. The summed E-state index contributed by atoms with van der Waals surface area (Å²) in [5, 5.41) is 2.77.